The van der Waals surface area contributed by atoms with Crippen molar-refractivity contribution < 1.29 is 9.53 Å². The summed E-state index contributed by atoms with van der Waals surface area (Å²) in [5.74, 6) is 0.597. The number of amides is 1. The molecule has 128 valence electrons. The van der Waals surface area contributed by atoms with Crippen LogP contribution in [0.25, 0.3) is 11.1 Å². The van der Waals surface area contributed by atoms with E-state index in [0.29, 0.717) is 12.2 Å². The third-order valence-electron chi connectivity index (χ3n) is 3.73. The highest BCUT2D eigenvalue weighted by atomic mass is 16.5. The molecule has 3 rings (SSSR count). The van der Waals surface area contributed by atoms with E-state index in [1.165, 1.54) is 5.56 Å². The molecule has 0 unspecified atom stereocenters. The van der Waals surface area contributed by atoms with Crippen molar-refractivity contribution in [1.29, 1.82) is 0 Å². The molecule has 0 atom stereocenters. The number of rotatable bonds is 7. The smallest absolute Gasteiger partial charge is 0.271 e. The monoisotopic (exact) mass is 335 g/mol. The molecule has 0 radical (unpaired) electrons. The third kappa shape index (κ3) is 4.47. The minimum atomic E-state index is -0.159. The number of aromatic nitrogens is 2. The van der Waals surface area contributed by atoms with Gasteiger partial charge in [0, 0.05) is 12.7 Å². The molecule has 1 N–H and O–H groups in total. The second kappa shape index (κ2) is 8.15. The van der Waals surface area contributed by atoms with Gasteiger partial charge >= 0.3 is 0 Å². The molecular weight excluding hydrogens is 314 g/mol. The van der Waals surface area contributed by atoms with Crippen LogP contribution in [0.3, 0.4) is 0 Å². The molecule has 0 saturated heterocycles. The van der Waals surface area contributed by atoms with Crippen LogP contribution in [0.2, 0.25) is 0 Å². The van der Waals surface area contributed by atoms with Crippen molar-refractivity contribution in [2.75, 3.05) is 6.54 Å². The quantitative estimate of drug-likeness (QED) is 0.716. The van der Waals surface area contributed by atoms with Crippen LogP contribution in [-0.4, -0.2) is 22.2 Å². The lowest BCUT2D eigenvalue weighted by Gasteiger charge is -2.07. The largest absolute Gasteiger partial charge is 0.471 e. The standard InChI is InChI=1S/C20H21N3O2/c1-2-13-21-20(24)19-12-14-23(22-19)15-25-18-10-8-17(9-11-18)16-6-4-3-5-7-16/h3-12,14H,2,13,15H2,1H3,(H,21,24). The van der Waals surface area contributed by atoms with E-state index in [2.05, 4.69) is 22.5 Å². The molecule has 0 aliphatic rings. The first-order valence-electron chi connectivity index (χ1n) is 8.36. The Balaban J connectivity index is 1.57. The highest BCUT2D eigenvalue weighted by Gasteiger charge is 2.08. The van der Waals surface area contributed by atoms with Crippen LogP contribution in [0, 0.1) is 0 Å². The highest BCUT2D eigenvalue weighted by Crippen LogP contribution is 2.22. The van der Waals surface area contributed by atoms with E-state index in [9.17, 15) is 4.79 Å². The summed E-state index contributed by atoms with van der Waals surface area (Å²) >= 11 is 0. The Kier molecular flexibility index (Phi) is 5.46. The van der Waals surface area contributed by atoms with Crippen molar-refractivity contribution in [3.63, 3.8) is 0 Å². The molecule has 0 saturated carbocycles. The number of nitrogens with one attached hydrogen (secondary N) is 1. The van der Waals surface area contributed by atoms with E-state index >= 15 is 0 Å². The molecule has 5 nitrogen and oxygen atoms in total. The number of hydrogen-bond acceptors (Lipinski definition) is 3. The first-order valence-corrected chi connectivity index (χ1v) is 8.36. The SMILES string of the molecule is CCCNC(=O)c1ccn(COc2ccc(-c3ccccc3)cc2)n1. The van der Waals surface area contributed by atoms with E-state index in [0.717, 1.165) is 17.7 Å². The van der Waals surface area contributed by atoms with Crippen molar-refractivity contribution in [2.45, 2.75) is 20.1 Å². The molecule has 3 aromatic rings. The number of benzene rings is 2. The van der Waals surface area contributed by atoms with Gasteiger partial charge in [-0.15, -0.1) is 0 Å². The van der Waals surface area contributed by atoms with Crippen LogP contribution in [-0.2, 0) is 6.73 Å². The summed E-state index contributed by atoms with van der Waals surface area (Å²) < 4.78 is 7.33. The molecule has 2 aromatic carbocycles. The average Bonchev–Trinajstić information content (AvgIpc) is 3.15. The fourth-order valence-electron chi connectivity index (χ4n) is 2.40. The summed E-state index contributed by atoms with van der Waals surface area (Å²) in [4.78, 5) is 11.8. The minimum Gasteiger partial charge on any atom is -0.471 e. The number of ether oxygens (including phenoxy) is 1. The molecule has 25 heavy (non-hydrogen) atoms. The van der Waals surface area contributed by atoms with Crippen LogP contribution in [0.4, 0.5) is 0 Å². The molecule has 5 heteroatoms. The second-order valence-electron chi connectivity index (χ2n) is 5.66. The van der Waals surface area contributed by atoms with E-state index in [1.807, 2.05) is 49.4 Å². The summed E-state index contributed by atoms with van der Waals surface area (Å²) in [6.45, 7) is 2.91. The number of carbonyl (C=O) groups is 1. The Morgan fingerprint density at radius 1 is 1.04 bits per heavy atom. The van der Waals surface area contributed by atoms with E-state index in [1.54, 1.807) is 16.9 Å². The summed E-state index contributed by atoms with van der Waals surface area (Å²) in [7, 11) is 0. The molecule has 1 heterocycles. The van der Waals surface area contributed by atoms with Gasteiger partial charge < -0.3 is 10.1 Å². The van der Waals surface area contributed by atoms with Crippen molar-refractivity contribution >= 4 is 5.91 Å². The molecule has 0 aliphatic heterocycles. The molecule has 0 bridgehead atoms. The normalized spacial score (nSPS) is 10.4. The second-order valence-corrected chi connectivity index (χ2v) is 5.66. The Morgan fingerprint density at radius 2 is 1.76 bits per heavy atom. The van der Waals surface area contributed by atoms with Crippen molar-refractivity contribution in [1.82, 2.24) is 15.1 Å². The van der Waals surface area contributed by atoms with Crippen molar-refractivity contribution in [3.8, 4) is 16.9 Å². The maximum atomic E-state index is 11.8. The minimum absolute atomic E-state index is 0.159. The molecular formula is C20H21N3O2. The average molecular weight is 335 g/mol. The summed E-state index contributed by atoms with van der Waals surface area (Å²) in [6.07, 6.45) is 2.63. The van der Waals surface area contributed by atoms with Crippen molar-refractivity contribution in [3.05, 3.63) is 72.6 Å². The molecule has 1 aromatic heterocycles. The third-order valence-corrected chi connectivity index (χ3v) is 3.73. The first-order chi connectivity index (χ1) is 12.3. The van der Waals surface area contributed by atoms with Gasteiger partial charge in [-0.2, -0.15) is 5.10 Å². The van der Waals surface area contributed by atoms with Gasteiger partial charge in [-0.1, -0.05) is 49.4 Å². The Bertz CT molecular complexity index is 810. The van der Waals surface area contributed by atoms with Gasteiger partial charge in [0.1, 0.15) is 11.4 Å². The number of hydrogen-bond donors (Lipinski definition) is 1. The van der Waals surface area contributed by atoms with Crippen LogP contribution in [0.15, 0.2) is 66.9 Å². The molecule has 0 spiro atoms. The topological polar surface area (TPSA) is 56.2 Å². The maximum Gasteiger partial charge on any atom is 0.271 e. The lowest BCUT2D eigenvalue weighted by molar-refractivity contribution is 0.0946. The zero-order valence-electron chi connectivity index (χ0n) is 14.2. The zero-order valence-corrected chi connectivity index (χ0v) is 14.2. The highest BCUT2D eigenvalue weighted by molar-refractivity contribution is 5.92. The fourth-order valence-corrected chi connectivity index (χ4v) is 2.40. The van der Waals surface area contributed by atoms with Gasteiger partial charge in [-0.05, 0) is 35.7 Å². The molecule has 0 aliphatic carbocycles. The molecule has 1 amide bonds. The first kappa shape index (κ1) is 16.8. The van der Waals surface area contributed by atoms with Gasteiger partial charge in [0.2, 0.25) is 0 Å². The Hall–Kier alpha value is -3.08. The van der Waals surface area contributed by atoms with Gasteiger partial charge in [-0.25, -0.2) is 4.68 Å². The lowest BCUT2D eigenvalue weighted by atomic mass is 10.1. The summed E-state index contributed by atoms with van der Waals surface area (Å²) in [6, 6.07) is 19.8. The summed E-state index contributed by atoms with van der Waals surface area (Å²) in [5, 5.41) is 7.02. The van der Waals surface area contributed by atoms with Gasteiger partial charge in [0.25, 0.3) is 5.91 Å². The maximum absolute atomic E-state index is 11.8. The van der Waals surface area contributed by atoms with Crippen LogP contribution in [0.1, 0.15) is 23.8 Å². The van der Waals surface area contributed by atoms with Gasteiger partial charge in [0.05, 0.1) is 0 Å². The van der Waals surface area contributed by atoms with E-state index in [4.69, 9.17) is 4.74 Å². The van der Waals surface area contributed by atoms with Gasteiger partial charge in [-0.3, -0.25) is 4.79 Å². The lowest BCUT2D eigenvalue weighted by Crippen LogP contribution is -2.24. The van der Waals surface area contributed by atoms with Crippen LogP contribution in [0.5, 0.6) is 5.75 Å². The van der Waals surface area contributed by atoms with E-state index in [-0.39, 0.29) is 12.6 Å². The van der Waals surface area contributed by atoms with Crippen LogP contribution < -0.4 is 10.1 Å². The Labute approximate surface area is 147 Å². The van der Waals surface area contributed by atoms with Crippen molar-refractivity contribution in [2.24, 2.45) is 0 Å². The summed E-state index contributed by atoms with van der Waals surface area (Å²) in [5.41, 5.74) is 2.71. The number of carbonyl (C=O) groups excluding carboxylic acids is 1. The van der Waals surface area contributed by atoms with Gasteiger partial charge in [0.15, 0.2) is 6.73 Å². The zero-order chi connectivity index (χ0) is 17.5. The fraction of sp³-hybridized carbons (Fsp3) is 0.200. The Morgan fingerprint density at radius 3 is 2.48 bits per heavy atom. The predicted molar refractivity (Wildman–Crippen MR) is 97.4 cm³/mol. The number of nitrogens with zero attached hydrogens (tertiary/aromatic N) is 2. The van der Waals surface area contributed by atoms with E-state index < -0.39 is 0 Å². The molecule has 0 fully saturated rings. The van der Waals surface area contributed by atoms with Crippen LogP contribution >= 0.6 is 0 Å². The predicted octanol–water partition coefficient (Wildman–Crippen LogP) is 3.73.